The number of nitrogens with zero attached hydrogens (tertiary/aromatic N) is 1. The lowest BCUT2D eigenvalue weighted by atomic mass is 9.52. The van der Waals surface area contributed by atoms with Gasteiger partial charge in [0, 0.05) is 6.42 Å². The molecule has 0 saturated heterocycles. The third-order valence-electron chi connectivity index (χ3n) is 3.50. The highest BCUT2D eigenvalue weighted by atomic mass is 32.2. The number of hydrogen-bond donors (Lipinski definition) is 0. The minimum absolute atomic E-state index is 0.307. The van der Waals surface area contributed by atoms with Crippen LogP contribution in [0.2, 0.25) is 0 Å². The average molecular weight is 183 g/mol. The summed E-state index contributed by atoms with van der Waals surface area (Å²) in [4.78, 5) is 4.78. The zero-order chi connectivity index (χ0) is 8.98. The van der Waals surface area contributed by atoms with Gasteiger partial charge in [-0.2, -0.15) is 0 Å². The van der Waals surface area contributed by atoms with Crippen molar-refractivity contribution in [2.24, 2.45) is 16.3 Å². The van der Waals surface area contributed by atoms with Crippen LogP contribution < -0.4 is 0 Å². The second kappa shape index (κ2) is 2.28. The average Bonchev–Trinajstić information content (AvgIpc) is 2.22. The Kier molecular flexibility index (Phi) is 1.64. The van der Waals surface area contributed by atoms with Crippen molar-refractivity contribution in [1.29, 1.82) is 0 Å². The van der Waals surface area contributed by atoms with E-state index in [-0.39, 0.29) is 0 Å². The van der Waals surface area contributed by atoms with Crippen LogP contribution in [-0.2, 0) is 0 Å². The summed E-state index contributed by atoms with van der Waals surface area (Å²) in [6, 6.07) is 0. The maximum Gasteiger partial charge on any atom is 0.0684 e. The van der Waals surface area contributed by atoms with Gasteiger partial charge in [0.1, 0.15) is 0 Å². The van der Waals surface area contributed by atoms with Gasteiger partial charge in [0.25, 0.3) is 0 Å². The predicted octanol–water partition coefficient (Wildman–Crippen LogP) is 2.96. The summed E-state index contributed by atoms with van der Waals surface area (Å²) in [5.74, 6) is 0.812. The number of thioether (sulfide) groups is 1. The summed E-state index contributed by atoms with van der Waals surface area (Å²) in [6.07, 6.45) is 4.64. The molecule has 2 rings (SSSR count). The zero-order valence-electron chi connectivity index (χ0n) is 8.35. The van der Waals surface area contributed by atoms with Crippen molar-refractivity contribution in [3.05, 3.63) is 0 Å². The second-order valence-corrected chi connectivity index (χ2v) is 5.87. The van der Waals surface area contributed by atoms with E-state index in [0.717, 1.165) is 5.92 Å². The van der Waals surface area contributed by atoms with Gasteiger partial charge >= 0.3 is 0 Å². The van der Waals surface area contributed by atoms with Gasteiger partial charge in [-0.05, 0) is 30.9 Å². The highest BCUT2D eigenvalue weighted by Gasteiger charge is 2.58. The number of hydrogen-bond acceptors (Lipinski definition) is 2. The maximum absolute atomic E-state index is 4.78. The van der Waals surface area contributed by atoms with E-state index in [2.05, 4.69) is 27.0 Å². The monoisotopic (exact) mass is 183 g/mol. The molecule has 0 spiro atoms. The van der Waals surface area contributed by atoms with Crippen molar-refractivity contribution in [3.63, 3.8) is 0 Å². The molecule has 68 valence electrons. The van der Waals surface area contributed by atoms with Gasteiger partial charge in [0.15, 0.2) is 0 Å². The van der Waals surface area contributed by atoms with Crippen LogP contribution in [0.3, 0.4) is 0 Å². The minimum Gasteiger partial charge on any atom is -0.276 e. The molecular formula is C10H17NS. The van der Waals surface area contributed by atoms with Gasteiger partial charge in [-0.3, -0.25) is 4.99 Å². The third kappa shape index (κ3) is 0.968. The van der Waals surface area contributed by atoms with Crippen LogP contribution in [0.5, 0.6) is 0 Å². The van der Waals surface area contributed by atoms with Crippen LogP contribution in [0.1, 0.15) is 33.6 Å². The number of aliphatic imine (C=N–C) groups is 1. The Morgan fingerprint density at radius 2 is 2.08 bits per heavy atom. The highest BCUT2D eigenvalue weighted by molar-refractivity contribution is 8.13. The van der Waals surface area contributed by atoms with Crippen molar-refractivity contribution in [1.82, 2.24) is 0 Å². The molecule has 0 N–H and O–H groups in total. The molecule has 1 saturated carbocycles. The molecule has 12 heavy (non-hydrogen) atoms. The van der Waals surface area contributed by atoms with Gasteiger partial charge in [-0.1, -0.05) is 13.8 Å². The van der Waals surface area contributed by atoms with Gasteiger partial charge in [-0.15, -0.1) is 11.8 Å². The maximum atomic E-state index is 4.78. The summed E-state index contributed by atoms with van der Waals surface area (Å²) in [6.45, 7) is 7.06. The molecule has 0 aromatic heterocycles. The summed E-state index contributed by atoms with van der Waals surface area (Å²) in [5, 5.41) is 1.37. The predicted molar refractivity (Wildman–Crippen MR) is 55.9 cm³/mol. The first-order valence-electron chi connectivity index (χ1n) is 4.61. The molecule has 0 bridgehead atoms. The molecule has 1 aliphatic carbocycles. The van der Waals surface area contributed by atoms with E-state index < -0.39 is 0 Å². The van der Waals surface area contributed by atoms with Crippen LogP contribution in [0.15, 0.2) is 4.99 Å². The summed E-state index contributed by atoms with van der Waals surface area (Å²) < 4.78 is 0. The molecule has 1 heterocycles. The first-order valence-corrected chi connectivity index (χ1v) is 5.83. The molecule has 0 unspecified atom stereocenters. The Labute approximate surface area is 79.0 Å². The van der Waals surface area contributed by atoms with E-state index in [4.69, 9.17) is 4.99 Å². The standard InChI is InChI=1S/C10H17NS/c1-9(2)6-10(3)7(9)5-8(11-10)12-4/h7H,5-6H2,1-4H3/t7-,10+/m0/s1. The van der Waals surface area contributed by atoms with E-state index in [1.165, 1.54) is 17.9 Å². The molecule has 1 fully saturated rings. The van der Waals surface area contributed by atoms with Crippen molar-refractivity contribution in [2.45, 2.75) is 39.2 Å². The van der Waals surface area contributed by atoms with E-state index in [0.29, 0.717) is 11.0 Å². The molecular weight excluding hydrogens is 166 g/mol. The molecule has 2 heteroatoms. The van der Waals surface area contributed by atoms with Crippen LogP contribution in [-0.4, -0.2) is 16.8 Å². The topological polar surface area (TPSA) is 12.4 Å². The van der Waals surface area contributed by atoms with E-state index in [1.807, 2.05) is 11.8 Å². The van der Waals surface area contributed by atoms with Crippen molar-refractivity contribution < 1.29 is 0 Å². The van der Waals surface area contributed by atoms with Crippen LogP contribution in [0.4, 0.5) is 0 Å². The summed E-state index contributed by atoms with van der Waals surface area (Å²) in [7, 11) is 0. The minimum atomic E-state index is 0.307. The quantitative estimate of drug-likeness (QED) is 0.562. The Morgan fingerprint density at radius 1 is 1.42 bits per heavy atom. The van der Waals surface area contributed by atoms with Gasteiger partial charge in [0.2, 0.25) is 0 Å². The molecule has 2 atom stereocenters. The smallest absolute Gasteiger partial charge is 0.0684 e. The lowest BCUT2D eigenvalue weighted by molar-refractivity contribution is -0.00690. The van der Waals surface area contributed by atoms with E-state index in [1.54, 1.807) is 0 Å². The Morgan fingerprint density at radius 3 is 2.50 bits per heavy atom. The molecule has 1 nitrogen and oxygen atoms in total. The lowest BCUT2D eigenvalue weighted by Gasteiger charge is -2.54. The van der Waals surface area contributed by atoms with Crippen molar-refractivity contribution in [3.8, 4) is 0 Å². The zero-order valence-corrected chi connectivity index (χ0v) is 9.16. The fourth-order valence-electron chi connectivity index (χ4n) is 3.13. The molecule has 0 aromatic carbocycles. The Balaban J connectivity index is 2.19. The number of fused-ring (bicyclic) bond motifs is 1. The van der Waals surface area contributed by atoms with E-state index in [9.17, 15) is 0 Å². The van der Waals surface area contributed by atoms with Crippen molar-refractivity contribution in [2.75, 3.05) is 6.26 Å². The molecule has 2 aliphatic rings. The van der Waals surface area contributed by atoms with E-state index >= 15 is 0 Å². The van der Waals surface area contributed by atoms with Gasteiger partial charge in [0.05, 0.1) is 10.6 Å². The Bertz CT molecular complexity index is 244. The molecule has 1 aliphatic heterocycles. The third-order valence-corrected chi connectivity index (χ3v) is 4.23. The van der Waals surface area contributed by atoms with Gasteiger partial charge in [-0.25, -0.2) is 0 Å². The van der Waals surface area contributed by atoms with Crippen molar-refractivity contribution >= 4 is 16.8 Å². The second-order valence-electron chi connectivity index (χ2n) is 4.99. The SMILES string of the molecule is CSC1=N[C@]2(C)CC(C)(C)[C@@H]2C1. The fourth-order valence-corrected chi connectivity index (χ4v) is 3.76. The lowest BCUT2D eigenvalue weighted by Crippen LogP contribution is -2.53. The summed E-state index contributed by atoms with van der Waals surface area (Å²) >= 11 is 1.83. The largest absolute Gasteiger partial charge is 0.276 e. The first kappa shape index (κ1) is 8.61. The molecule has 0 aromatic rings. The Hall–Kier alpha value is 0.0200. The molecule has 0 amide bonds. The van der Waals surface area contributed by atoms with Crippen LogP contribution in [0, 0.1) is 11.3 Å². The van der Waals surface area contributed by atoms with Crippen LogP contribution in [0.25, 0.3) is 0 Å². The normalized spacial score (nSPS) is 43.3. The highest BCUT2D eigenvalue weighted by Crippen LogP contribution is 2.60. The van der Waals surface area contributed by atoms with Gasteiger partial charge < -0.3 is 0 Å². The molecule has 0 radical (unpaired) electrons. The fraction of sp³-hybridized carbons (Fsp3) is 0.900. The summed E-state index contributed by atoms with van der Waals surface area (Å²) in [5.41, 5.74) is 0.845. The number of rotatable bonds is 0. The van der Waals surface area contributed by atoms with Crippen LogP contribution >= 0.6 is 11.8 Å². The first-order chi connectivity index (χ1) is 5.48.